The van der Waals surface area contributed by atoms with Crippen molar-refractivity contribution in [3.8, 4) is 0 Å². The third-order valence-corrected chi connectivity index (χ3v) is 9.74. The number of methoxy groups -OCH3 is 1. The first-order chi connectivity index (χ1) is 16.0. The van der Waals surface area contributed by atoms with Gasteiger partial charge in [-0.3, -0.25) is 4.79 Å². The summed E-state index contributed by atoms with van der Waals surface area (Å²) < 4.78 is 35.9. The third kappa shape index (κ3) is 2.95. The van der Waals surface area contributed by atoms with E-state index in [1.165, 1.54) is 5.57 Å². The highest BCUT2D eigenvalue weighted by atomic mass is 16.9. The maximum Gasteiger partial charge on any atom is 0.226 e. The smallest absolute Gasteiger partial charge is 0.226 e. The summed E-state index contributed by atoms with van der Waals surface area (Å²) in [4.78, 5) is 12.5. The fraction of sp³-hybridized carbons (Fsp3) is 0.800. The maximum absolute atomic E-state index is 12.5. The normalized spacial score (nSPS) is 50.0. The van der Waals surface area contributed by atoms with Crippen LogP contribution >= 0.6 is 0 Å². The van der Waals surface area contributed by atoms with E-state index in [4.69, 9.17) is 28.4 Å². The number of aliphatic hydroxyl groups is 1. The summed E-state index contributed by atoms with van der Waals surface area (Å²) in [7, 11) is 1.65. The van der Waals surface area contributed by atoms with Crippen LogP contribution in [0, 0.1) is 29.1 Å². The number of ether oxygens (including phenoxy) is 6. The minimum Gasteiger partial charge on any atom is -0.515 e. The van der Waals surface area contributed by atoms with E-state index in [1.54, 1.807) is 13.2 Å². The summed E-state index contributed by atoms with van der Waals surface area (Å²) in [6.45, 7) is 3.32. The molecule has 0 aromatic heterocycles. The van der Waals surface area contributed by atoms with Crippen LogP contribution in [0.4, 0.5) is 0 Å². The monoisotopic (exact) mass is 462 g/mol. The minimum atomic E-state index is -0.835. The number of hydrogen-bond donors (Lipinski definition) is 1. The summed E-state index contributed by atoms with van der Waals surface area (Å²) in [5.74, 6) is 0.437. The zero-order valence-electron chi connectivity index (χ0n) is 19.4. The van der Waals surface area contributed by atoms with E-state index in [-0.39, 0.29) is 49.5 Å². The first kappa shape index (κ1) is 22.2. The quantitative estimate of drug-likeness (QED) is 0.388. The molecule has 3 saturated carbocycles. The van der Waals surface area contributed by atoms with E-state index in [9.17, 15) is 9.90 Å². The molecule has 5 fully saturated rings. The third-order valence-electron chi connectivity index (χ3n) is 9.74. The number of carbonyl (C=O) groups excluding carboxylic acids is 1. The molecular weight excluding hydrogens is 428 g/mol. The Morgan fingerprint density at radius 1 is 1.21 bits per heavy atom. The fourth-order valence-corrected chi connectivity index (χ4v) is 8.46. The SMILES string of the molecule is COCOC1CC2C(CC[C@@]23OCOC32COCO2)C2CCC3=CC(=O)/C(=C\O)C[C@]3(C)C12. The van der Waals surface area contributed by atoms with Crippen molar-refractivity contribution in [3.63, 3.8) is 0 Å². The molecule has 0 aromatic rings. The topological polar surface area (TPSA) is 92.7 Å². The molecule has 182 valence electrons. The molecule has 0 radical (unpaired) electrons. The molecular formula is C25H34O8. The number of allylic oxidation sites excluding steroid dienone is 2. The lowest BCUT2D eigenvalue weighted by Gasteiger charge is -2.58. The Bertz CT molecular complexity index is 870. The molecule has 6 rings (SSSR count). The summed E-state index contributed by atoms with van der Waals surface area (Å²) >= 11 is 0. The van der Waals surface area contributed by atoms with E-state index in [1.807, 2.05) is 0 Å². The maximum atomic E-state index is 12.5. The highest BCUT2D eigenvalue weighted by Crippen LogP contribution is 2.67. The van der Waals surface area contributed by atoms with Crippen molar-refractivity contribution in [1.82, 2.24) is 0 Å². The van der Waals surface area contributed by atoms with Gasteiger partial charge in [-0.1, -0.05) is 12.5 Å². The van der Waals surface area contributed by atoms with Crippen molar-refractivity contribution >= 4 is 5.78 Å². The number of aliphatic hydroxyl groups excluding tert-OH is 1. The molecule has 0 amide bonds. The lowest BCUT2D eigenvalue weighted by atomic mass is 9.48. The second kappa shape index (κ2) is 7.86. The average molecular weight is 463 g/mol. The van der Waals surface area contributed by atoms with Gasteiger partial charge in [0.2, 0.25) is 5.79 Å². The molecule has 8 atom stereocenters. The second-order valence-electron chi connectivity index (χ2n) is 10.8. The predicted octanol–water partition coefficient (Wildman–Crippen LogP) is 3.22. The summed E-state index contributed by atoms with van der Waals surface area (Å²) in [5.41, 5.74) is 0.924. The molecule has 2 heterocycles. The van der Waals surface area contributed by atoms with Crippen molar-refractivity contribution in [3.05, 3.63) is 23.5 Å². The van der Waals surface area contributed by atoms with E-state index in [2.05, 4.69) is 6.92 Å². The standard InChI is InChI=1S/C25H34O8/c1-23-9-15(10-26)20(27)7-16(23)3-4-18-17-5-6-24(25(33-14-31-24)11-29-13-32-25)19(17)8-21(22(18)23)30-12-28-2/h7,10,17-19,21-22,26H,3-6,8-9,11-14H2,1-2H3/b15-10-/t17?,18?,19?,21?,22?,23-,24+,25?/m0/s1. The molecule has 6 aliphatic rings. The highest BCUT2D eigenvalue weighted by Gasteiger charge is 2.72. The zero-order chi connectivity index (χ0) is 22.8. The van der Waals surface area contributed by atoms with Gasteiger partial charge in [-0.05, 0) is 73.7 Å². The first-order valence-electron chi connectivity index (χ1n) is 12.2. The van der Waals surface area contributed by atoms with Gasteiger partial charge in [-0.25, -0.2) is 0 Å². The van der Waals surface area contributed by atoms with Crippen LogP contribution in [0.5, 0.6) is 0 Å². The van der Waals surface area contributed by atoms with Gasteiger partial charge in [0.15, 0.2) is 19.4 Å². The first-order valence-corrected chi connectivity index (χ1v) is 12.2. The summed E-state index contributed by atoms with van der Waals surface area (Å²) in [6, 6.07) is 0. The van der Waals surface area contributed by atoms with Crippen LogP contribution in [0.2, 0.25) is 0 Å². The Kier molecular flexibility index (Phi) is 5.29. The van der Waals surface area contributed by atoms with Crippen molar-refractivity contribution in [2.24, 2.45) is 29.1 Å². The predicted molar refractivity (Wildman–Crippen MR) is 115 cm³/mol. The molecule has 33 heavy (non-hydrogen) atoms. The lowest BCUT2D eigenvalue weighted by Crippen LogP contribution is -2.61. The van der Waals surface area contributed by atoms with Gasteiger partial charge in [0.05, 0.1) is 12.4 Å². The Morgan fingerprint density at radius 3 is 2.82 bits per heavy atom. The number of fused-ring (bicyclic) bond motifs is 7. The Labute approximate surface area is 194 Å². The van der Waals surface area contributed by atoms with Crippen LogP contribution in [0.15, 0.2) is 23.5 Å². The van der Waals surface area contributed by atoms with Crippen molar-refractivity contribution in [2.75, 3.05) is 34.1 Å². The summed E-state index contributed by atoms with van der Waals surface area (Å²) in [5, 5.41) is 9.76. The molecule has 2 spiro atoms. The molecule has 8 heteroatoms. The van der Waals surface area contributed by atoms with E-state index >= 15 is 0 Å². The molecule has 8 nitrogen and oxygen atoms in total. The van der Waals surface area contributed by atoms with E-state index in [0.29, 0.717) is 30.4 Å². The summed E-state index contributed by atoms with van der Waals surface area (Å²) in [6.07, 6.45) is 7.92. The Morgan fingerprint density at radius 2 is 2.06 bits per heavy atom. The van der Waals surface area contributed by atoms with Crippen LogP contribution in [-0.4, -0.2) is 62.5 Å². The van der Waals surface area contributed by atoms with Gasteiger partial charge in [-0.2, -0.15) is 0 Å². The number of carbonyl (C=O) groups is 1. The molecule has 0 bridgehead atoms. The van der Waals surface area contributed by atoms with Crippen LogP contribution < -0.4 is 0 Å². The highest BCUT2D eigenvalue weighted by molar-refractivity contribution is 6.05. The van der Waals surface area contributed by atoms with Gasteiger partial charge < -0.3 is 33.5 Å². The van der Waals surface area contributed by atoms with Crippen LogP contribution in [0.3, 0.4) is 0 Å². The van der Waals surface area contributed by atoms with Crippen LogP contribution in [0.25, 0.3) is 0 Å². The number of hydrogen-bond acceptors (Lipinski definition) is 8. The Hall–Kier alpha value is -1.29. The largest absolute Gasteiger partial charge is 0.515 e. The van der Waals surface area contributed by atoms with E-state index < -0.39 is 11.4 Å². The molecule has 6 unspecified atom stereocenters. The van der Waals surface area contributed by atoms with Crippen molar-refractivity contribution in [1.29, 1.82) is 0 Å². The zero-order valence-corrected chi connectivity index (χ0v) is 19.4. The molecule has 4 aliphatic carbocycles. The number of ketones is 1. The molecule has 1 N–H and O–H groups in total. The van der Waals surface area contributed by atoms with Gasteiger partial charge >= 0.3 is 0 Å². The van der Waals surface area contributed by atoms with Crippen LogP contribution in [-0.2, 0) is 33.2 Å². The van der Waals surface area contributed by atoms with Gasteiger partial charge in [-0.15, -0.1) is 0 Å². The number of rotatable bonds is 3. The van der Waals surface area contributed by atoms with Gasteiger partial charge in [0, 0.05) is 12.7 Å². The Balaban J connectivity index is 1.39. The van der Waals surface area contributed by atoms with Crippen molar-refractivity contribution < 1.29 is 38.3 Å². The molecule has 0 aromatic carbocycles. The van der Waals surface area contributed by atoms with Gasteiger partial charge in [0.25, 0.3) is 0 Å². The minimum absolute atomic E-state index is 0.0587. The second-order valence-corrected chi connectivity index (χ2v) is 10.8. The average Bonchev–Trinajstić information content (AvgIpc) is 3.53. The van der Waals surface area contributed by atoms with Gasteiger partial charge in [0.1, 0.15) is 19.0 Å². The lowest BCUT2D eigenvalue weighted by molar-refractivity contribution is -0.237. The fourth-order valence-electron chi connectivity index (χ4n) is 8.46. The molecule has 2 saturated heterocycles. The molecule has 2 aliphatic heterocycles. The van der Waals surface area contributed by atoms with Crippen molar-refractivity contribution in [2.45, 2.75) is 62.9 Å². The van der Waals surface area contributed by atoms with E-state index in [0.717, 1.165) is 38.4 Å². The van der Waals surface area contributed by atoms with Crippen LogP contribution in [0.1, 0.15) is 45.4 Å².